The third kappa shape index (κ3) is 4.68. The number of anilines is 2. The van der Waals surface area contributed by atoms with Crippen LogP contribution in [0.3, 0.4) is 0 Å². The molecule has 6 nitrogen and oxygen atoms in total. The number of nitrogens with one attached hydrogen (secondary N) is 1. The number of aromatic nitrogens is 3. The van der Waals surface area contributed by atoms with E-state index < -0.39 is 0 Å². The Hall–Kier alpha value is -2.80. The average molecular weight is 382 g/mol. The Morgan fingerprint density at radius 1 is 1.04 bits per heavy atom. The number of hydrogen-bond donors (Lipinski definition) is 1. The van der Waals surface area contributed by atoms with E-state index in [1.165, 1.54) is 21.9 Å². The molecule has 140 valence electrons. The molecule has 0 atom stereocenters. The summed E-state index contributed by atoms with van der Waals surface area (Å²) in [6.07, 6.45) is 0.974. The van der Waals surface area contributed by atoms with Crippen LogP contribution in [-0.4, -0.2) is 21.9 Å². The van der Waals surface area contributed by atoms with Crippen LogP contribution in [0.25, 0.3) is 0 Å². The molecule has 1 aromatic heterocycles. The second-order valence-corrected chi connectivity index (χ2v) is 6.95. The van der Waals surface area contributed by atoms with Crippen LogP contribution in [0, 0.1) is 0 Å². The van der Waals surface area contributed by atoms with Crippen molar-refractivity contribution in [1.29, 1.82) is 0 Å². The van der Waals surface area contributed by atoms with Gasteiger partial charge in [-0.3, -0.25) is 9.36 Å². The van der Waals surface area contributed by atoms with E-state index in [0.717, 1.165) is 23.4 Å². The number of ether oxygens (including phenoxy) is 1. The van der Waals surface area contributed by atoms with E-state index in [4.69, 9.17) is 4.74 Å². The van der Waals surface area contributed by atoms with Gasteiger partial charge >= 0.3 is 0 Å². The summed E-state index contributed by atoms with van der Waals surface area (Å²) in [6.45, 7) is 2.10. The Morgan fingerprint density at radius 2 is 1.70 bits per heavy atom. The van der Waals surface area contributed by atoms with Gasteiger partial charge < -0.3 is 10.1 Å². The van der Waals surface area contributed by atoms with Crippen molar-refractivity contribution in [3.63, 3.8) is 0 Å². The van der Waals surface area contributed by atoms with Crippen molar-refractivity contribution in [3.8, 4) is 5.75 Å². The van der Waals surface area contributed by atoms with Gasteiger partial charge in [0.1, 0.15) is 5.75 Å². The lowest BCUT2D eigenvalue weighted by atomic mass is 10.1. The lowest BCUT2D eigenvalue weighted by molar-refractivity contribution is 0.414. The largest absolute Gasteiger partial charge is 0.497 e. The molecule has 3 aromatic rings. The molecule has 27 heavy (non-hydrogen) atoms. The molecule has 1 N–H and O–H groups in total. The topological polar surface area (TPSA) is 69.0 Å². The predicted molar refractivity (Wildman–Crippen MR) is 109 cm³/mol. The first-order valence-corrected chi connectivity index (χ1v) is 9.64. The highest BCUT2D eigenvalue weighted by atomic mass is 32.2. The van der Waals surface area contributed by atoms with Crippen LogP contribution in [0.5, 0.6) is 5.75 Å². The maximum Gasteiger partial charge on any atom is 0.297 e. The lowest BCUT2D eigenvalue weighted by Gasteiger charge is -2.10. The average Bonchev–Trinajstić information content (AvgIpc) is 2.72. The normalized spacial score (nSPS) is 10.6. The predicted octanol–water partition coefficient (Wildman–Crippen LogP) is 3.78. The highest BCUT2D eigenvalue weighted by Gasteiger charge is 2.10. The molecule has 0 radical (unpaired) electrons. The van der Waals surface area contributed by atoms with Crippen molar-refractivity contribution in [1.82, 2.24) is 14.8 Å². The number of nitrogens with zero attached hydrogens (tertiary/aromatic N) is 3. The summed E-state index contributed by atoms with van der Waals surface area (Å²) in [5.41, 5.74) is 2.97. The standard InChI is InChI=1S/C20H22N4O2S/c1-4-14-5-9-16(10-6-14)21-18-19(25)24(2)20(23-22-18)27-13-15-7-11-17(26-3)12-8-15/h5-12H,4,13H2,1-3H3,(H,21,22). The third-order valence-electron chi connectivity index (χ3n) is 4.18. The van der Waals surface area contributed by atoms with Crippen molar-refractivity contribution in [2.24, 2.45) is 7.05 Å². The molecule has 0 unspecified atom stereocenters. The summed E-state index contributed by atoms with van der Waals surface area (Å²) < 4.78 is 6.68. The molecule has 1 heterocycles. The molecule has 0 spiro atoms. The van der Waals surface area contributed by atoms with E-state index >= 15 is 0 Å². The quantitative estimate of drug-likeness (QED) is 0.627. The lowest BCUT2D eigenvalue weighted by Crippen LogP contribution is -2.24. The van der Waals surface area contributed by atoms with E-state index in [9.17, 15) is 4.79 Å². The van der Waals surface area contributed by atoms with Gasteiger partial charge in [-0.05, 0) is 41.8 Å². The van der Waals surface area contributed by atoms with Gasteiger partial charge in [0.2, 0.25) is 5.82 Å². The summed E-state index contributed by atoms with van der Waals surface area (Å²) in [5.74, 6) is 1.73. The molecule has 2 aromatic carbocycles. The van der Waals surface area contributed by atoms with Gasteiger partial charge in [-0.25, -0.2) is 0 Å². The summed E-state index contributed by atoms with van der Waals surface area (Å²) in [6, 6.07) is 15.7. The van der Waals surface area contributed by atoms with Gasteiger partial charge in [0.15, 0.2) is 5.16 Å². The smallest absolute Gasteiger partial charge is 0.297 e. The number of thioether (sulfide) groups is 1. The summed E-state index contributed by atoms with van der Waals surface area (Å²) in [7, 11) is 3.35. The molecule has 0 fully saturated rings. The van der Waals surface area contributed by atoms with Crippen molar-refractivity contribution in [2.45, 2.75) is 24.3 Å². The first-order chi connectivity index (χ1) is 13.1. The fraction of sp³-hybridized carbons (Fsp3) is 0.250. The van der Waals surface area contributed by atoms with Crippen LogP contribution in [0.4, 0.5) is 11.5 Å². The summed E-state index contributed by atoms with van der Waals surface area (Å²) >= 11 is 1.47. The Kier molecular flexibility index (Phi) is 6.13. The third-order valence-corrected chi connectivity index (χ3v) is 5.27. The molecule has 0 amide bonds. The number of methoxy groups -OCH3 is 1. The minimum Gasteiger partial charge on any atom is -0.497 e. The molecule has 3 rings (SSSR count). The molecular formula is C20H22N4O2S. The minimum atomic E-state index is -0.207. The van der Waals surface area contributed by atoms with Crippen LogP contribution < -0.4 is 15.6 Å². The Balaban J connectivity index is 1.70. The van der Waals surface area contributed by atoms with Crippen molar-refractivity contribution >= 4 is 23.3 Å². The molecule has 0 bridgehead atoms. The fourth-order valence-corrected chi connectivity index (χ4v) is 3.35. The van der Waals surface area contributed by atoms with Crippen molar-refractivity contribution < 1.29 is 4.74 Å². The fourth-order valence-electron chi connectivity index (χ4n) is 2.48. The van der Waals surface area contributed by atoms with Gasteiger partial charge in [-0.15, -0.1) is 10.2 Å². The maximum absolute atomic E-state index is 12.6. The molecular weight excluding hydrogens is 360 g/mol. The van der Waals surface area contributed by atoms with E-state index in [-0.39, 0.29) is 11.4 Å². The Bertz CT molecular complexity index is 953. The van der Waals surface area contributed by atoms with Gasteiger partial charge in [0, 0.05) is 18.5 Å². The van der Waals surface area contributed by atoms with Crippen LogP contribution in [0.1, 0.15) is 18.1 Å². The second-order valence-electron chi connectivity index (χ2n) is 6.01. The van der Waals surface area contributed by atoms with Crippen LogP contribution in [-0.2, 0) is 19.2 Å². The number of aryl methyl sites for hydroxylation is 1. The molecule has 0 saturated carbocycles. The van der Waals surface area contributed by atoms with Gasteiger partial charge in [0.25, 0.3) is 5.56 Å². The zero-order chi connectivity index (χ0) is 19.2. The van der Waals surface area contributed by atoms with Crippen molar-refractivity contribution in [2.75, 3.05) is 12.4 Å². The number of rotatable bonds is 7. The number of hydrogen-bond acceptors (Lipinski definition) is 6. The molecule has 0 aliphatic heterocycles. The molecule has 0 aliphatic carbocycles. The zero-order valence-electron chi connectivity index (χ0n) is 15.6. The maximum atomic E-state index is 12.6. The van der Waals surface area contributed by atoms with Gasteiger partial charge in [-0.2, -0.15) is 0 Å². The summed E-state index contributed by atoms with van der Waals surface area (Å²) in [5, 5.41) is 11.9. The SMILES string of the molecule is CCc1ccc(Nc2nnc(SCc3ccc(OC)cc3)n(C)c2=O)cc1. The van der Waals surface area contributed by atoms with Crippen molar-refractivity contribution in [3.05, 3.63) is 70.0 Å². The van der Waals surface area contributed by atoms with E-state index in [1.54, 1.807) is 14.2 Å². The van der Waals surface area contributed by atoms with Crippen LogP contribution in [0.15, 0.2) is 58.5 Å². The van der Waals surface area contributed by atoms with E-state index in [2.05, 4.69) is 22.4 Å². The first-order valence-electron chi connectivity index (χ1n) is 8.66. The molecule has 0 aliphatic rings. The minimum absolute atomic E-state index is 0.207. The van der Waals surface area contributed by atoms with Crippen LogP contribution >= 0.6 is 11.8 Å². The Labute approximate surface area is 162 Å². The highest BCUT2D eigenvalue weighted by Crippen LogP contribution is 2.21. The van der Waals surface area contributed by atoms with Crippen LogP contribution in [0.2, 0.25) is 0 Å². The monoisotopic (exact) mass is 382 g/mol. The number of benzene rings is 2. The first kappa shape index (κ1) is 19.0. The van der Waals surface area contributed by atoms with Gasteiger partial charge in [0.05, 0.1) is 7.11 Å². The summed E-state index contributed by atoms with van der Waals surface area (Å²) in [4.78, 5) is 12.6. The van der Waals surface area contributed by atoms with Gasteiger partial charge in [-0.1, -0.05) is 43.0 Å². The zero-order valence-corrected chi connectivity index (χ0v) is 16.4. The Morgan fingerprint density at radius 3 is 2.33 bits per heavy atom. The highest BCUT2D eigenvalue weighted by molar-refractivity contribution is 7.98. The van der Waals surface area contributed by atoms with E-state index in [1.807, 2.05) is 48.5 Å². The molecule has 0 saturated heterocycles. The van der Waals surface area contributed by atoms with E-state index in [0.29, 0.717) is 10.9 Å². The molecule has 7 heteroatoms. The second kappa shape index (κ2) is 8.73.